The second-order valence-electron chi connectivity index (χ2n) is 10.5. The van der Waals surface area contributed by atoms with Crippen molar-refractivity contribution in [3.05, 3.63) is 35.9 Å². The first-order chi connectivity index (χ1) is 17.2. The fraction of sp³-hybridized carbons (Fsp3) is 0.654. The minimum absolute atomic E-state index is 0.115. The van der Waals surface area contributed by atoms with Crippen molar-refractivity contribution in [2.75, 3.05) is 40.3 Å². The predicted octanol–water partition coefficient (Wildman–Crippen LogP) is 1.85. The number of carbonyl (C=O) groups is 2. The van der Waals surface area contributed by atoms with E-state index in [9.17, 15) is 18.0 Å². The lowest BCUT2D eigenvalue weighted by Crippen LogP contribution is -2.59. The van der Waals surface area contributed by atoms with Crippen molar-refractivity contribution in [2.24, 2.45) is 10.5 Å². The van der Waals surface area contributed by atoms with Crippen molar-refractivity contribution in [1.82, 2.24) is 19.5 Å². The molecule has 0 bridgehead atoms. The Morgan fingerprint density at radius 2 is 1.86 bits per heavy atom. The molecule has 0 aromatic heterocycles. The zero-order valence-corrected chi connectivity index (χ0v) is 22.5. The van der Waals surface area contributed by atoms with Crippen LogP contribution in [0.5, 0.6) is 0 Å². The molecule has 0 spiro atoms. The van der Waals surface area contributed by atoms with E-state index in [0.29, 0.717) is 38.6 Å². The summed E-state index contributed by atoms with van der Waals surface area (Å²) >= 11 is 0. The molecule has 9 nitrogen and oxygen atoms in total. The van der Waals surface area contributed by atoms with Crippen LogP contribution in [0.1, 0.15) is 51.0 Å². The minimum atomic E-state index is -3.64. The maximum Gasteiger partial charge on any atom is 0.256 e. The number of sulfonamides is 1. The van der Waals surface area contributed by atoms with Gasteiger partial charge < -0.3 is 9.80 Å². The monoisotopic (exact) mass is 517 g/mol. The van der Waals surface area contributed by atoms with Gasteiger partial charge in [-0.05, 0) is 51.4 Å². The van der Waals surface area contributed by atoms with Crippen LogP contribution in [0, 0.1) is 5.41 Å². The molecule has 1 N–H and O–H groups in total. The molecule has 2 amide bonds. The number of likely N-dealkylation sites (tertiary alicyclic amines) is 2. The molecule has 2 fully saturated rings. The molecule has 1 aromatic carbocycles. The Morgan fingerprint density at radius 1 is 1.17 bits per heavy atom. The highest BCUT2D eigenvalue weighted by Crippen LogP contribution is 2.38. The molecule has 4 rings (SSSR count). The van der Waals surface area contributed by atoms with Crippen molar-refractivity contribution in [1.29, 1.82) is 0 Å². The average molecular weight is 518 g/mol. The SMILES string of the molecule is CCCCC(NS(=O)(=O)C1CCN(C)CC1)C(=O)N1CCC2=NN(C)C(=O)C2(Cc2ccccc2)C1. The smallest absolute Gasteiger partial charge is 0.256 e. The number of carbonyl (C=O) groups excluding carboxylic acids is 2. The standard InChI is InChI=1S/C26H39N5O4S/c1-4-5-11-22(28-36(34,35)21-12-15-29(2)16-13-21)24(32)31-17-14-23-26(19-31,25(33)30(3)27-23)18-20-9-7-6-8-10-20/h6-10,21-22,28H,4-5,11-19H2,1-3H3. The van der Waals surface area contributed by atoms with E-state index in [1.54, 1.807) is 11.9 Å². The second-order valence-corrected chi connectivity index (χ2v) is 12.5. The third-order valence-electron chi connectivity index (χ3n) is 7.82. The number of nitrogens with one attached hydrogen (secondary N) is 1. The average Bonchev–Trinajstić information content (AvgIpc) is 3.11. The number of hydrazone groups is 1. The molecule has 1 aromatic rings. The molecule has 2 unspecified atom stereocenters. The van der Waals surface area contributed by atoms with Crippen LogP contribution >= 0.6 is 0 Å². The normalized spacial score (nSPS) is 24.5. The summed E-state index contributed by atoms with van der Waals surface area (Å²) in [7, 11) is 0.00596. The van der Waals surface area contributed by atoms with Gasteiger partial charge in [-0.3, -0.25) is 9.59 Å². The number of unbranched alkanes of at least 4 members (excludes halogenated alkanes) is 1. The fourth-order valence-corrected chi connectivity index (χ4v) is 7.31. The highest BCUT2D eigenvalue weighted by molar-refractivity contribution is 7.90. The largest absolute Gasteiger partial charge is 0.339 e. The van der Waals surface area contributed by atoms with Gasteiger partial charge in [0.05, 0.1) is 11.0 Å². The Kier molecular flexibility index (Phi) is 8.16. The first kappa shape index (κ1) is 26.8. The summed E-state index contributed by atoms with van der Waals surface area (Å²) in [4.78, 5) is 31.0. The third kappa shape index (κ3) is 5.50. The van der Waals surface area contributed by atoms with Gasteiger partial charge in [-0.2, -0.15) is 5.10 Å². The molecule has 2 saturated heterocycles. The molecule has 198 valence electrons. The lowest BCUT2D eigenvalue weighted by molar-refractivity contribution is -0.140. The van der Waals surface area contributed by atoms with Crippen LogP contribution in [0.4, 0.5) is 0 Å². The van der Waals surface area contributed by atoms with Gasteiger partial charge in [0.1, 0.15) is 11.5 Å². The zero-order valence-electron chi connectivity index (χ0n) is 21.6. The minimum Gasteiger partial charge on any atom is -0.339 e. The van der Waals surface area contributed by atoms with E-state index in [2.05, 4.69) is 14.7 Å². The summed E-state index contributed by atoms with van der Waals surface area (Å²) in [5.74, 6) is -0.357. The van der Waals surface area contributed by atoms with Gasteiger partial charge in [0.2, 0.25) is 15.9 Å². The van der Waals surface area contributed by atoms with E-state index < -0.39 is 26.7 Å². The van der Waals surface area contributed by atoms with Crippen LogP contribution in [0.3, 0.4) is 0 Å². The third-order valence-corrected chi connectivity index (χ3v) is 9.78. The summed E-state index contributed by atoms with van der Waals surface area (Å²) in [6.07, 6.45) is 4.12. The molecule has 3 aliphatic heterocycles. The van der Waals surface area contributed by atoms with Crippen molar-refractivity contribution >= 4 is 27.5 Å². The van der Waals surface area contributed by atoms with Crippen molar-refractivity contribution in [3.8, 4) is 0 Å². The number of benzene rings is 1. The van der Waals surface area contributed by atoms with Crippen molar-refractivity contribution in [2.45, 2.75) is 63.2 Å². The van der Waals surface area contributed by atoms with Gasteiger partial charge in [0, 0.05) is 26.6 Å². The molecular formula is C26H39N5O4S. The lowest BCUT2D eigenvalue weighted by atomic mass is 9.73. The van der Waals surface area contributed by atoms with E-state index in [-0.39, 0.29) is 18.4 Å². The van der Waals surface area contributed by atoms with Crippen LogP contribution in [-0.4, -0.2) is 92.3 Å². The summed E-state index contributed by atoms with van der Waals surface area (Å²) in [6, 6.07) is 8.96. The van der Waals surface area contributed by atoms with Crippen LogP contribution in [-0.2, 0) is 26.0 Å². The van der Waals surface area contributed by atoms with Crippen LogP contribution in [0.2, 0.25) is 0 Å². The highest BCUT2D eigenvalue weighted by Gasteiger charge is 2.54. The van der Waals surface area contributed by atoms with Crippen LogP contribution in [0.15, 0.2) is 35.4 Å². The number of fused-ring (bicyclic) bond motifs is 1. The second kappa shape index (κ2) is 11.0. The molecule has 0 radical (unpaired) electrons. The number of nitrogens with zero attached hydrogens (tertiary/aromatic N) is 4. The summed E-state index contributed by atoms with van der Waals surface area (Å²) in [5, 5.41) is 5.43. The molecule has 3 aliphatic rings. The summed E-state index contributed by atoms with van der Waals surface area (Å²) < 4.78 is 29.3. The van der Waals surface area contributed by atoms with Gasteiger partial charge >= 0.3 is 0 Å². The maximum atomic E-state index is 13.8. The molecule has 3 heterocycles. The summed E-state index contributed by atoms with van der Waals surface area (Å²) in [5.41, 5.74) is 0.903. The van der Waals surface area contributed by atoms with E-state index in [1.807, 2.05) is 44.3 Å². The number of hydrogen-bond donors (Lipinski definition) is 1. The Hall–Kier alpha value is -2.30. The quantitative estimate of drug-likeness (QED) is 0.539. The molecule has 0 aliphatic carbocycles. The Bertz CT molecular complexity index is 1080. The van der Waals surface area contributed by atoms with Gasteiger partial charge in [-0.25, -0.2) is 18.1 Å². The lowest BCUT2D eigenvalue weighted by Gasteiger charge is -2.41. The van der Waals surface area contributed by atoms with Crippen LogP contribution in [0.25, 0.3) is 0 Å². The number of piperidine rings is 2. The Labute approximate surface area is 214 Å². The van der Waals surface area contributed by atoms with Gasteiger partial charge in [-0.1, -0.05) is 50.1 Å². The Balaban J connectivity index is 1.55. The highest BCUT2D eigenvalue weighted by atomic mass is 32.2. The summed E-state index contributed by atoms with van der Waals surface area (Å²) in [6.45, 7) is 4.11. The molecular weight excluding hydrogens is 478 g/mol. The first-order valence-corrected chi connectivity index (χ1v) is 14.6. The van der Waals surface area contributed by atoms with E-state index in [1.165, 1.54) is 5.01 Å². The number of hydrogen-bond acceptors (Lipinski definition) is 6. The van der Waals surface area contributed by atoms with E-state index in [0.717, 1.165) is 37.2 Å². The van der Waals surface area contributed by atoms with Gasteiger partial charge in [-0.15, -0.1) is 0 Å². The van der Waals surface area contributed by atoms with Gasteiger partial charge in [0.25, 0.3) is 5.91 Å². The number of amides is 2. The molecule has 36 heavy (non-hydrogen) atoms. The molecule has 10 heteroatoms. The first-order valence-electron chi connectivity index (χ1n) is 13.0. The predicted molar refractivity (Wildman–Crippen MR) is 140 cm³/mol. The van der Waals surface area contributed by atoms with Crippen molar-refractivity contribution in [3.63, 3.8) is 0 Å². The Morgan fingerprint density at radius 3 is 2.53 bits per heavy atom. The maximum absolute atomic E-state index is 13.8. The van der Waals surface area contributed by atoms with Crippen molar-refractivity contribution < 1.29 is 18.0 Å². The van der Waals surface area contributed by atoms with Crippen LogP contribution < -0.4 is 4.72 Å². The topological polar surface area (TPSA) is 102 Å². The fourth-order valence-electron chi connectivity index (χ4n) is 5.67. The number of rotatable bonds is 9. The van der Waals surface area contributed by atoms with E-state index in [4.69, 9.17) is 0 Å². The molecule has 2 atom stereocenters. The zero-order chi connectivity index (χ0) is 25.9. The van der Waals surface area contributed by atoms with E-state index >= 15 is 0 Å². The van der Waals surface area contributed by atoms with Gasteiger partial charge in [0.15, 0.2) is 0 Å². The molecule has 0 saturated carbocycles.